The molecular formula is C13H31N3. The molecule has 0 saturated carbocycles. The van der Waals surface area contributed by atoms with Gasteiger partial charge in [0.05, 0.1) is 0 Å². The highest BCUT2D eigenvalue weighted by Gasteiger charge is 2.10. The normalized spacial score (nSPS) is 13.7. The zero-order valence-corrected chi connectivity index (χ0v) is 11.9. The maximum absolute atomic E-state index is 3.41. The van der Waals surface area contributed by atoms with E-state index in [4.69, 9.17) is 0 Å². The van der Waals surface area contributed by atoms with E-state index in [-0.39, 0.29) is 0 Å². The van der Waals surface area contributed by atoms with Gasteiger partial charge in [0.1, 0.15) is 0 Å². The fourth-order valence-electron chi connectivity index (χ4n) is 1.98. The van der Waals surface area contributed by atoms with E-state index in [2.05, 4.69) is 50.1 Å². The van der Waals surface area contributed by atoms with E-state index in [9.17, 15) is 0 Å². The first-order chi connectivity index (χ1) is 7.63. The van der Waals surface area contributed by atoms with Crippen molar-refractivity contribution in [2.75, 3.05) is 47.3 Å². The van der Waals surface area contributed by atoms with E-state index in [1.165, 1.54) is 38.9 Å². The smallest absolute Gasteiger partial charge is 0.0191 e. The summed E-state index contributed by atoms with van der Waals surface area (Å²) in [6.07, 6.45) is 3.81. The summed E-state index contributed by atoms with van der Waals surface area (Å²) in [4.78, 5) is 4.82. The molecule has 0 fully saturated rings. The Balaban J connectivity index is 3.79. The lowest BCUT2D eigenvalue weighted by Gasteiger charge is -2.26. The number of rotatable bonds is 10. The Bertz CT molecular complexity index is 148. The third-order valence-electron chi connectivity index (χ3n) is 3.05. The summed E-state index contributed by atoms with van der Waals surface area (Å²) < 4.78 is 0. The van der Waals surface area contributed by atoms with Gasteiger partial charge in [0, 0.05) is 12.6 Å². The van der Waals surface area contributed by atoms with Gasteiger partial charge in [-0.05, 0) is 53.6 Å². The van der Waals surface area contributed by atoms with E-state index in [1.54, 1.807) is 0 Å². The summed E-state index contributed by atoms with van der Waals surface area (Å²) in [7, 11) is 6.36. The zero-order valence-electron chi connectivity index (χ0n) is 11.9. The van der Waals surface area contributed by atoms with Crippen LogP contribution in [0.4, 0.5) is 0 Å². The van der Waals surface area contributed by atoms with Crippen LogP contribution in [0, 0.1) is 0 Å². The molecule has 0 aliphatic carbocycles. The zero-order chi connectivity index (χ0) is 12.4. The van der Waals surface area contributed by atoms with E-state index in [0.29, 0.717) is 6.04 Å². The summed E-state index contributed by atoms with van der Waals surface area (Å²) in [5.41, 5.74) is 0. The lowest BCUT2D eigenvalue weighted by atomic mass is 10.1. The second-order valence-corrected chi connectivity index (χ2v) is 4.82. The van der Waals surface area contributed by atoms with Crippen LogP contribution in [0.3, 0.4) is 0 Å². The first kappa shape index (κ1) is 15.9. The molecule has 0 spiro atoms. The Morgan fingerprint density at radius 2 is 1.81 bits per heavy atom. The van der Waals surface area contributed by atoms with Gasteiger partial charge in [0.25, 0.3) is 0 Å². The monoisotopic (exact) mass is 229 g/mol. The molecule has 1 unspecified atom stereocenters. The number of hydrogen-bond donors (Lipinski definition) is 1. The maximum atomic E-state index is 3.41. The van der Waals surface area contributed by atoms with Crippen molar-refractivity contribution in [3.8, 4) is 0 Å². The number of hydrogen-bond acceptors (Lipinski definition) is 3. The van der Waals surface area contributed by atoms with Crippen LogP contribution in [0.5, 0.6) is 0 Å². The summed E-state index contributed by atoms with van der Waals surface area (Å²) in [5, 5.41) is 3.41. The second-order valence-electron chi connectivity index (χ2n) is 4.82. The molecule has 0 aromatic carbocycles. The predicted molar refractivity (Wildman–Crippen MR) is 73.0 cm³/mol. The number of likely N-dealkylation sites (N-methyl/N-ethyl adjacent to an activating group) is 2. The molecule has 16 heavy (non-hydrogen) atoms. The van der Waals surface area contributed by atoms with Crippen LogP contribution >= 0.6 is 0 Å². The van der Waals surface area contributed by atoms with Crippen LogP contribution in [-0.2, 0) is 0 Å². The van der Waals surface area contributed by atoms with Crippen LogP contribution in [0.1, 0.15) is 33.1 Å². The number of nitrogens with one attached hydrogen (secondary N) is 1. The van der Waals surface area contributed by atoms with E-state index in [0.717, 1.165) is 6.54 Å². The second kappa shape index (κ2) is 10.1. The van der Waals surface area contributed by atoms with Crippen molar-refractivity contribution in [1.29, 1.82) is 0 Å². The van der Waals surface area contributed by atoms with Crippen molar-refractivity contribution in [3.05, 3.63) is 0 Å². The lowest BCUT2D eigenvalue weighted by molar-refractivity contribution is 0.237. The lowest BCUT2D eigenvalue weighted by Crippen LogP contribution is -2.40. The summed E-state index contributed by atoms with van der Waals surface area (Å²) in [6, 6.07) is 0.657. The van der Waals surface area contributed by atoms with Gasteiger partial charge >= 0.3 is 0 Å². The van der Waals surface area contributed by atoms with Crippen LogP contribution in [0.2, 0.25) is 0 Å². The minimum atomic E-state index is 0.657. The molecular weight excluding hydrogens is 198 g/mol. The van der Waals surface area contributed by atoms with Crippen molar-refractivity contribution in [3.63, 3.8) is 0 Å². The molecule has 3 heteroatoms. The molecule has 1 atom stereocenters. The minimum absolute atomic E-state index is 0.657. The van der Waals surface area contributed by atoms with Gasteiger partial charge < -0.3 is 15.1 Å². The summed E-state index contributed by atoms with van der Waals surface area (Å²) in [5.74, 6) is 0. The average molecular weight is 229 g/mol. The van der Waals surface area contributed by atoms with Gasteiger partial charge in [0.15, 0.2) is 0 Å². The van der Waals surface area contributed by atoms with Gasteiger partial charge in [-0.1, -0.05) is 20.3 Å². The fraction of sp³-hybridized carbons (Fsp3) is 1.00. The molecule has 0 radical (unpaired) electrons. The van der Waals surface area contributed by atoms with Gasteiger partial charge in [-0.15, -0.1) is 0 Å². The van der Waals surface area contributed by atoms with E-state index in [1.807, 2.05) is 0 Å². The van der Waals surface area contributed by atoms with Crippen molar-refractivity contribution < 1.29 is 0 Å². The molecule has 1 N–H and O–H groups in total. The number of nitrogens with zero attached hydrogens (tertiary/aromatic N) is 2. The van der Waals surface area contributed by atoms with Crippen LogP contribution in [0.15, 0.2) is 0 Å². The Morgan fingerprint density at radius 3 is 2.25 bits per heavy atom. The highest BCUT2D eigenvalue weighted by Crippen LogP contribution is 2.01. The topological polar surface area (TPSA) is 18.5 Å². The molecule has 0 aliphatic heterocycles. The molecule has 3 nitrogen and oxygen atoms in total. The van der Waals surface area contributed by atoms with Gasteiger partial charge in [-0.3, -0.25) is 0 Å². The molecule has 0 aliphatic rings. The van der Waals surface area contributed by atoms with E-state index < -0.39 is 0 Å². The summed E-state index contributed by atoms with van der Waals surface area (Å²) >= 11 is 0. The minimum Gasteiger partial charge on any atom is -0.316 e. The Labute approximate surface area is 102 Å². The van der Waals surface area contributed by atoms with Gasteiger partial charge in [-0.2, -0.15) is 0 Å². The molecule has 0 aromatic rings. The maximum Gasteiger partial charge on any atom is 0.0191 e. The molecule has 0 bridgehead atoms. The van der Waals surface area contributed by atoms with E-state index >= 15 is 0 Å². The fourth-order valence-corrected chi connectivity index (χ4v) is 1.98. The Kier molecular flexibility index (Phi) is 9.99. The molecule has 0 heterocycles. The van der Waals surface area contributed by atoms with Crippen LogP contribution in [-0.4, -0.2) is 63.2 Å². The average Bonchev–Trinajstić information content (AvgIpc) is 2.26. The third-order valence-corrected chi connectivity index (χ3v) is 3.05. The van der Waals surface area contributed by atoms with Crippen LogP contribution in [0.25, 0.3) is 0 Å². The third kappa shape index (κ3) is 8.08. The first-order valence-corrected chi connectivity index (χ1v) is 6.68. The van der Waals surface area contributed by atoms with Crippen LogP contribution < -0.4 is 5.32 Å². The highest BCUT2D eigenvalue weighted by atomic mass is 15.1. The molecule has 0 rings (SSSR count). The van der Waals surface area contributed by atoms with Crippen molar-refractivity contribution in [1.82, 2.24) is 15.1 Å². The highest BCUT2D eigenvalue weighted by molar-refractivity contribution is 4.69. The predicted octanol–water partition coefficient (Wildman–Crippen LogP) is 1.65. The van der Waals surface area contributed by atoms with Gasteiger partial charge in [0.2, 0.25) is 0 Å². The first-order valence-electron chi connectivity index (χ1n) is 6.68. The quantitative estimate of drug-likeness (QED) is 0.614. The SMILES string of the molecule is CCCC(CN(CC)CCCN(C)C)NC. The largest absolute Gasteiger partial charge is 0.316 e. The molecule has 98 valence electrons. The van der Waals surface area contributed by atoms with Crippen molar-refractivity contribution >= 4 is 0 Å². The van der Waals surface area contributed by atoms with Crippen molar-refractivity contribution in [2.45, 2.75) is 39.2 Å². The Morgan fingerprint density at radius 1 is 1.12 bits per heavy atom. The molecule has 0 aromatic heterocycles. The van der Waals surface area contributed by atoms with Gasteiger partial charge in [-0.25, -0.2) is 0 Å². The standard InChI is InChI=1S/C13H31N3/c1-6-9-13(14-3)12-16(7-2)11-8-10-15(4)5/h13-14H,6-12H2,1-5H3. The molecule has 0 amide bonds. The molecule has 0 saturated heterocycles. The Hall–Kier alpha value is -0.120. The van der Waals surface area contributed by atoms with Crippen molar-refractivity contribution in [2.24, 2.45) is 0 Å². The summed E-state index contributed by atoms with van der Waals surface area (Å²) in [6.45, 7) is 9.27.